The van der Waals surface area contributed by atoms with E-state index in [2.05, 4.69) is 235 Å². The van der Waals surface area contributed by atoms with Crippen LogP contribution in [0.1, 0.15) is 132 Å². The molecule has 7 aromatic carbocycles. The Morgan fingerprint density at radius 2 is 0.672 bits per heavy atom. The van der Waals surface area contributed by atoms with Crippen molar-refractivity contribution in [1.29, 1.82) is 0 Å². The number of hydrogen-bond acceptors (Lipinski definition) is 4. The lowest BCUT2D eigenvalue weighted by Gasteiger charge is -2.45. The number of fused-ring (bicyclic) bond motifs is 10. The lowest BCUT2D eigenvalue weighted by atomic mass is 9.33. The van der Waals surface area contributed by atoms with Crippen LogP contribution in [0.2, 0.25) is 0 Å². The van der Waals surface area contributed by atoms with E-state index in [0.717, 1.165) is 55.3 Å². The SMILES string of the molecule is CC(C)(C)c1ccc2c(c1)N(c1cccc3c1oc1ccc(C(C)(C)C)cc13)c1cc(C(C)(C)C)cc3c1B2c1ccc(C(C)(C)C)cc1N3c1cccc2c1oc1ccc(C(C)(C)C)cc12. The average Bonchev–Trinajstić information content (AvgIpc) is 3.82. The first-order valence-corrected chi connectivity index (χ1v) is 24.4. The van der Waals surface area contributed by atoms with Crippen molar-refractivity contribution in [2.24, 2.45) is 0 Å². The first-order valence-electron chi connectivity index (χ1n) is 24.4. The van der Waals surface area contributed by atoms with Crippen LogP contribution >= 0.6 is 0 Å². The number of hydrogen-bond donors (Lipinski definition) is 0. The molecule has 2 aliphatic rings. The largest absolute Gasteiger partial charge is 0.454 e. The Labute approximate surface area is 398 Å². The number of anilines is 6. The fourth-order valence-corrected chi connectivity index (χ4v) is 10.7. The zero-order valence-corrected chi connectivity index (χ0v) is 42.3. The molecule has 4 nitrogen and oxygen atoms in total. The van der Waals surface area contributed by atoms with Crippen molar-refractivity contribution in [2.75, 3.05) is 9.80 Å². The topological polar surface area (TPSA) is 32.8 Å². The summed E-state index contributed by atoms with van der Waals surface area (Å²) < 4.78 is 14.1. The summed E-state index contributed by atoms with van der Waals surface area (Å²) in [4.78, 5) is 5.10. The second-order valence-electron chi connectivity index (χ2n) is 24.8. The van der Waals surface area contributed by atoms with Gasteiger partial charge < -0.3 is 18.6 Å². The van der Waals surface area contributed by atoms with Crippen molar-refractivity contribution in [1.82, 2.24) is 0 Å². The van der Waals surface area contributed by atoms with Gasteiger partial charge >= 0.3 is 0 Å². The van der Waals surface area contributed by atoms with E-state index in [1.54, 1.807) is 0 Å². The minimum atomic E-state index is -0.178. The molecular formula is C62H65BN2O2. The number of rotatable bonds is 2. The molecule has 0 aliphatic carbocycles. The normalized spacial score (nSPS) is 14.4. The highest BCUT2D eigenvalue weighted by molar-refractivity contribution is 7.00. The van der Waals surface area contributed by atoms with E-state index in [1.165, 1.54) is 67.0 Å². The van der Waals surface area contributed by atoms with Gasteiger partial charge in [0.1, 0.15) is 11.2 Å². The van der Waals surface area contributed by atoms with Crippen LogP contribution in [0.15, 0.2) is 130 Å². The second-order valence-corrected chi connectivity index (χ2v) is 24.8. The summed E-state index contributed by atoms with van der Waals surface area (Å²) in [5.74, 6) is 0. The molecule has 0 bridgehead atoms. The molecule has 4 heterocycles. The summed E-state index contributed by atoms with van der Waals surface area (Å²) in [6, 6.07) is 46.4. The van der Waals surface area contributed by atoms with Crippen LogP contribution < -0.4 is 26.2 Å². The van der Waals surface area contributed by atoms with Crippen molar-refractivity contribution < 1.29 is 8.83 Å². The highest BCUT2D eigenvalue weighted by atomic mass is 16.3. The molecular weight excluding hydrogens is 816 g/mol. The van der Waals surface area contributed by atoms with Crippen LogP contribution in [0.25, 0.3) is 43.9 Å². The van der Waals surface area contributed by atoms with E-state index in [0.29, 0.717) is 0 Å². The predicted molar refractivity (Wildman–Crippen MR) is 289 cm³/mol. The zero-order valence-electron chi connectivity index (χ0n) is 42.3. The van der Waals surface area contributed by atoms with Crippen LogP contribution in [-0.2, 0) is 27.1 Å². The van der Waals surface area contributed by atoms with E-state index in [9.17, 15) is 0 Å². The Hall–Kier alpha value is -6.20. The molecule has 338 valence electrons. The summed E-state index contributed by atoms with van der Waals surface area (Å²) in [7, 11) is 0. The maximum absolute atomic E-state index is 7.06. The molecule has 0 fully saturated rings. The van der Waals surface area contributed by atoms with Gasteiger partial charge in [-0.2, -0.15) is 0 Å². The lowest BCUT2D eigenvalue weighted by Crippen LogP contribution is -2.61. The van der Waals surface area contributed by atoms with E-state index >= 15 is 0 Å². The molecule has 2 aliphatic heterocycles. The molecule has 2 aromatic heterocycles. The Morgan fingerprint density at radius 1 is 0.328 bits per heavy atom. The van der Waals surface area contributed by atoms with Crippen molar-refractivity contribution in [3.8, 4) is 0 Å². The quantitative estimate of drug-likeness (QED) is 0.162. The maximum atomic E-state index is 7.06. The van der Waals surface area contributed by atoms with E-state index in [-0.39, 0.29) is 33.8 Å². The van der Waals surface area contributed by atoms with Gasteiger partial charge in [0.05, 0.1) is 11.4 Å². The highest BCUT2D eigenvalue weighted by Crippen LogP contribution is 2.51. The van der Waals surface area contributed by atoms with Crippen LogP contribution in [0, 0.1) is 0 Å². The highest BCUT2D eigenvalue weighted by Gasteiger charge is 2.46. The molecule has 0 amide bonds. The van der Waals surface area contributed by atoms with Crippen LogP contribution in [0.5, 0.6) is 0 Å². The fraction of sp³-hybridized carbons (Fsp3) is 0.323. The molecule has 11 rings (SSSR count). The third-order valence-corrected chi connectivity index (χ3v) is 14.8. The van der Waals surface area contributed by atoms with Gasteiger partial charge in [-0.25, -0.2) is 0 Å². The van der Waals surface area contributed by atoms with E-state index < -0.39 is 0 Å². The molecule has 0 N–H and O–H groups in total. The van der Waals surface area contributed by atoms with Crippen molar-refractivity contribution in [3.05, 3.63) is 149 Å². The number of para-hydroxylation sites is 2. The molecule has 9 aromatic rings. The van der Waals surface area contributed by atoms with Crippen molar-refractivity contribution in [2.45, 2.75) is 131 Å². The van der Waals surface area contributed by atoms with E-state index in [1.807, 2.05) is 0 Å². The van der Waals surface area contributed by atoms with E-state index in [4.69, 9.17) is 8.83 Å². The van der Waals surface area contributed by atoms with Gasteiger partial charge in [0.25, 0.3) is 6.71 Å². The van der Waals surface area contributed by atoms with Gasteiger partial charge in [-0.15, -0.1) is 0 Å². The molecule has 0 unspecified atom stereocenters. The smallest absolute Gasteiger partial charge is 0.252 e. The first kappa shape index (κ1) is 43.4. The molecule has 0 saturated heterocycles. The standard InChI is InChI=1S/C62H65BN2O2/c1-58(2,3)36-24-28-53-43(30-36)41-18-16-20-47(56(41)66-53)64-49-32-38(60(7,8)9)22-26-45(49)63-46-27-23-39(61(10,11)12)33-50(46)65(52-35-40(62(13,14)15)34-51(64)55(52)63)48-21-17-19-42-44-31-37(59(4,5)6)25-29-54(44)67-57(42)48/h16-35H,1-15H3. The van der Waals surface area contributed by atoms with Gasteiger partial charge in [-0.05, 0) is 132 Å². The maximum Gasteiger partial charge on any atom is 0.252 e. The summed E-state index contributed by atoms with van der Waals surface area (Å²) in [5.41, 5.74) is 20.4. The Bertz CT molecular complexity index is 3290. The molecule has 0 radical (unpaired) electrons. The molecule has 0 atom stereocenters. The van der Waals surface area contributed by atoms with Gasteiger partial charge in [-0.3, -0.25) is 0 Å². The average molecular weight is 881 g/mol. The minimum Gasteiger partial charge on any atom is -0.454 e. The minimum absolute atomic E-state index is 0.00388. The van der Waals surface area contributed by atoms with Crippen LogP contribution in [0.4, 0.5) is 34.1 Å². The summed E-state index contributed by atoms with van der Waals surface area (Å²) in [6.45, 7) is 34.6. The van der Waals surface area contributed by atoms with Crippen molar-refractivity contribution in [3.63, 3.8) is 0 Å². The Balaban J connectivity index is 1.27. The molecule has 5 heteroatoms. The summed E-state index contributed by atoms with van der Waals surface area (Å²) >= 11 is 0. The fourth-order valence-electron chi connectivity index (χ4n) is 10.7. The second kappa shape index (κ2) is 14.2. The van der Waals surface area contributed by atoms with Crippen LogP contribution in [0.3, 0.4) is 0 Å². The number of nitrogens with zero attached hydrogens (tertiary/aromatic N) is 2. The van der Waals surface area contributed by atoms with Gasteiger partial charge in [0.2, 0.25) is 0 Å². The molecule has 0 saturated carbocycles. The summed E-state index contributed by atoms with van der Waals surface area (Å²) in [6.07, 6.45) is 0. The number of benzene rings is 7. The third kappa shape index (κ3) is 6.77. The Morgan fingerprint density at radius 3 is 1.04 bits per heavy atom. The monoisotopic (exact) mass is 881 g/mol. The number of furan rings is 2. The van der Waals surface area contributed by atoms with Gasteiger partial charge in [0, 0.05) is 44.3 Å². The van der Waals surface area contributed by atoms with Gasteiger partial charge in [0.15, 0.2) is 11.2 Å². The third-order valence-electron chi connectivity index (χ3n) is 14.8. The van der Waals surface area contributed by atoms with Crippen LogP contribution in [-0.4, -0.2) is 6.71 Å². The van der Waals surface area contributed by atoms with Gasteiger partial charge in [-0.1, -0.05) is 165 Å². The lowest BCUT2D eigenvalue weighted by molar-refractivity contribution is 0.590. The van der Waals surface area contributed by atoms with Crippen molar-refractivity contribution >= 4 is 101 Å². The first-order chi connectivity index (χ1) is 31.4. The summed E-state index contributed by atoms with van der Waals surface area (Å²) in [5, 5.41) is 4.55. The zero-order chi connectivity index (χ0) is 47.5. The molecule has 67 heavy (non-hydrogen) atoms. The molecule has 0 spiro atoms. The Kier molecular flexibility index (Phi) is 9.18. The predicted octanol–water partition coefficient (Wildman–Crippen LogP) is 16.1.